The summed E-state index contributed by atoms with van der Waals surface area (Å²) in [4.78, 5) is 18.1. The second-order valence-electron chi connectivity index (χ2n) is 14.4. The predicted octanol–water partition coefficient (Wildman–Crippen LogP) is 6.40. The number of anilines is 1. The molecule has 0 spiro atoms. The Morgan fingerprint density at radius 3 is 2.16 bits per heavy atom. The van der Waals surface area contributed by atoms with Crippen molar-refractivity contribution in [3.05, 3.63) is 48.3 Å². The molecule has 5 nitrogen and oxygen atoms in total. The molecule has 4 atom stereocenters. The van der Waals surface area contributed by atoms with Gasteiger partial charge in [0.25, 0.3) is 0 Å². The van der Waals surface area contributed by atoms with Crippen molar-refractivity contribution in [3.8, 4) is 11.5 Å². The number of nitrogens with zero attached hydrogens (tertiary/aromatic N) is 1. The van der Waals surface area contributed by atoms with Crippen molar-refractivity contribution in [2.24, 2.45) is 39.9 Å². The van der Waals surface area contributed by atoms with Crippen LogP contribution in [0.4, 0.5) is 5.69 Å². The number of phenolic OH excluding ortho intramolecular Hbond substituents is 1. The number of nitrogens with two attached hydrogens (primary N) is 1. The van der Waals surface area contributed by atoms with E-state index in [0.717, 1.165) is 31.2 Å². The zero-order chi connectivity index (χ0) is 25.0. The number of aromatic nitrogens is 1. The number of phenols is 1. The Labute approximate surface area is 219 Å². The predicted molar refractivity (Wildman–Crippen MR) is 141 cm³/mol. The number of ether oxygens (including phenoxy) is 1. The lowest BCUT2D eigenvalue weighted by Gasteiger charge is -2.73. The molecule has 10 rings (SSSR count). The van der Waals surface area contributed by atoms with Crippen LogP contribution in [0.1, 0.15) is 82.6 Å². The lowest BCUT2D eigenvalue weighted by Crippen LogP contribution is -2.66. The van der Waals surface area contributed by atoms with E-state index in [1.807, 2.05) is 24.3 Å². The third kappa shape index (κ3) is 3.03. The van der Waals surface area contributed by atoms with Crippen LogP contribution >= 0.6 is 0 Å². The summed E-state index contributed by atoms with van der Waals surface area (Å²) < 4.78 is 6.03. The quantitative estimate of drug-likeness (QED) is 0.289. The Bertz CT molecular complexity index is 1240. The Kier molecular flexibility index (Phi) is 4.42. The number of nitrogen functional groups attached to an aromatic ring is 1. The third-order valence-corrected chi connectivity index (χ3v) is 12.2. The second-order valence-corrected chi connectivity index (χ2v) is 14.4. The molecule has 8 aliphatic carbocycles. The molecule has 1 heterocycles. The van der Waals surface area contributed by atoms with Crippen molar-refractivity contribution in [3.63, 3.8) is 0 Å². The van der Waals surface area contributed by atoms with E-state index in [0.29, 0.717) is 40.9 Å². The van der Waals surface area contributed by atoms with Crippen LogP contribution in [0.3, 0.4) is 0 Å². The molecule has 8 bridgehead atoms. The van der Waals surface area contributed by atoms with Gasteiger partial charge in [-0.15, -0.1) is 0 Å². The van der Waals surface area contributed by atoms with E-state index >= 15 is 0 Å². The van der Waals surface area contributed by atoms with E-state index in [-0.39, 0.29) is 27.6 Å². The Morgan fingerprint density at radius 1 is 0.865 bits per heavy atom. The molecule has 0 saturated heterocycles. The highest BCUT2D eigenvalue weighted by molar-refractivity contribution is 5.80. The molecule has 0 amide bonds. The zero-order valence-electron chi connectivity index (χ0n) is 21.6. The fraction of sp³-hybridized carbons (Fsp3) is 0.625. The summed E-state index contributed by atoms with van der Waals surface area (Å²) >= 11 is 0. The number of para-hydroxylation sites is 1. The first-order valence-corrected chi connectivity index (χ1v) is 14.5. The fourth-order valence-electron chi connectivity index (χ4n) is 11.9. The van der Waals surface area contributed by atoms with Crippen molar-refractivity contribution in [2.75, 3.05) is 5.73 Å². The van der Waals surface area contributed by atoms with E-state index in [9.17, 15) is 9.90 Å². The van der Waals surface area contributed by atoms with Crippen molar-refractivity contribution < 1.29 is 14.6 Å². The van der Waals surface area contributed by atoms with Gasteiger partial charge in [-0.3, -0.25) is 9.78 Å². The number of aromatic hydroxyl groups is 1. The normalized spacial score (nSPS) is 44.8. The van der Waals surface area contributed by atoms with Gasteiger partial charge in [-0.25, -0.2) is 0 Å². The van der Waals surface area contributed by atoms with Gasteiger partial charge in [0.15, 0.2) is 0 Å². The lowest BCUT2D eigenvalue weighted by molar-refractivity contribution is -0.229. The van der Waals surface area contributed by atoms with Crippen molar-refractivity contribution in [1.29, 1.82) is 0 Å². The van der Waals surface area contributed by atoms with Crippen LogP contribution in [-0.2, 0) is 10.2 Å². The van der Waals surface area contributed by atoms with E-state index in [4.69, 9.17) is 10.5 Å². The van der Waals surface area contributed by atoms with Crippen LogP contribution in [0.5, 0.6) is 11.5 Å². The number of rotatable bonds is 4. The molecule has 1 aromatic heterocycles. The van der Waals surface area contributed by atoms with Crippen LogP contribution in [0.15, 0.2) is 42.7 Å². The Morgan fingerprint density at radius 2 is 1.51 bits per heavy atom. The van der Waals surface area contributed by atoms with Crippen LogP contribution < -0.4 is 10.5 Å². The van der Waals surface area contributed by atoms with Crippen LogP contribution in [0.25, 0.3) is 0 Å². The summed E-state index contributed by atoms with van der Waals surface area (Å²) in [6.45, 7) is 0. The number of benzene rings is 1. The number of hydrogen-bond acceptors (Lipinski definition) is 5. The monoisotopic (exact) mass is 498 g/mol. The van der Waals surface area contributed by atoms with Gasteiger partial charge in [-0.05, 0) is 130 Å². The minimum atomic E-state index is -0.351. The van der Waals surface area contributed by atoms with Gasteiger partial charge in [0, 0.05) is 17.2 Å². The molecule has 3 N–H and O–H groups in total. The molecular formula is C32H38N2O3. The summed E-state index contributed by atoms with van der Waals surface area (Å²) in [7, 11) is 0. The number of carbonyl (C=O) groups excluding carboxylic acids is 1. The van der Waals surface area contributed by atoms with Gasteiger partial charge in [0.05, 0.1) is 17.3 Å². The number of hydrogen-bond donors (Lipinski definition) is 2. The third-order valence-electron chi connectivity index (χ3n) is 12.2. The van der Waals surface area contributed by atoms with Crippen molar-refractivity contribution >= 4 is 11.7 Å². The maximum Gasteiger partial charge on any atom is 0.317 e. The highest BCUT2D eigenvalue weighted by Gasteiger charge is 2.71. The first kappa shape index (κ1) is 22.4. The topological polar surface area (TPSA) is 85.4 Å². The van der Waals surface area contributed by atoms with E-state index in [1.54, 1.807) is 12.4 Å². The number of carbonyl (C=O) groups is 1. The van der Waals surface area contributed by atoms with Crippen molar-refractivity contribution in [1.82, 2.24) is 4.98 Å². The summed E-state index contributed by atoms with van der Waals surface area (Å²) in [5, 5.41) is 11.1. The van der Waals surface area contributed by atoms with Crippen LogP contribution in [0, 0.1) is 39.9 Å². The first-order valence-electron chi connectivity index (χ1n) is 14.5. The van der Waals surface area contributed by atoms with Gasteiger partial charge in [-0.1, -0.05) is 12.1 Å². The highest BCUT2D eigenvalue weighted by atomic mass is 16.5. The smallest absolute Gasteiger partial charge is 0.317 e. The SMILES string of the molecule is Nc1cccc(C23CC4CC(C2)CC(C25CC6CC(CC(C(=O)Oc7cccnc7)(C6)C2)C5)(C4)C3)c1O. The molecule has 1 aromatic carbocycles. The summed E-state index contributed by atoms with van der Waals surface area (Å²) in [6, 6.07) is 9.70. The van der Waals surface area contributed by atoms with Crippen LogP contribution in [0.2, 0.25) is 0 Å². The molecule has 5 heteroatoms. The minimum Gasteiger partial charge on any atom is -0.505 e. The van der Waals surface area contributed by atoms with Gasteiger partial charge in [-0.2, -0.15) is 0 Å². The summed E-state index contributed by atoms with van der Waals surface area (Å²) in [5.74, 6) is 3.58. The Hall–Kier alpha value is -2.56. The van der Waals surface area contributed by atoms with Crippen molar-refractivity contribution in [2.45, 2.75) is 82.5 Å². The van der Waals surface area contributed by atoms with E-state index < -0.39 is 0 Å². The maximum atomic E-state index is 13.9. The summed E-state index contributed by atoms with van der Waals surface area (Å²) in [5.41, 5.74) is 7.97. The average Bonchev–Trinajstić information content (AvgIpc) is 2.85. The standard InChI is InChI=1S/C32H38N2O3/c33-26-5-1-4-25(27(26)35)29-9-20-7-21(10-29)14-31(13-20,18-29)32-15-22-8-23(16-32)12-30(11-22,19-32)28(36)37-24-3-2-6-34-17-24/h1-6,17,20-23,35H,7-16,18-19,33H2. The average molecular weight is 499 g/mol. The van der Waals surface area contributed by atoms with E-state index in [1.165, 1.54) is 51.4 Å². The van der Waals surface area contributed by atoms with Gasteiger partial charge < -0.3 is 15.6 Å². The molecule has 8 aliphatic rings. The number of pyridine rings is 1. The maximum absolute atomic E-state index is 13.9. The van der Waals surface area contributed by atoms with E-state index in [2.05, 4.69) is 11.1 Å². The molecule has 2 aromatic rings. The van der Waals surface area contributed by atoms with Crippen LogP contribution in [-0.4, -0.2) is 16.1 Å². The highest BCUT2D eigenvalue weighted by Crippen LogP contribution is 2.79. The molecule has 0 aliphatic heterocycles. The first-order chi connectivity index (χ1) is 17.8. The zero-order valence-corrected chi connectivity index (χ0v) is 21.6. The molecule has 194 valence electrons. The molecule has 4 unspecified atom stereocenters. The second kappa shape index (κ2) is 7.30. The largest absolute Gasteiger partial charge is 0.505 e. The molecule has 8 fully saturated rings. The van der Waals surface area contributed by atoms with Gasteiger partial charge >= 0.3 is 5.97 Å². The molecule has 8 saturated carbocycles. The Balaban J connectivity index is 1.19. The van der Waals surface area contributed by atoms with Gasteiger partial charge in [0.1, 0.15) is 11.5 Å². The molecule has 37 heavy (non-hydrogen) atoms. The number of esters is 1. The minimum absolute atomic E-state index is 0.00751. The molecular weight excluding hydrogens is 460 g/mol. The lowest BCUT2D eigenvalue weighted by atomic mass is 9.31. The van der Waals surface area contributed by atoms with Gasteiger partial charge in [0.2, 0.25) is 0 Å². The summed E-state index contributed by atoms with van der Waals surface area (Å²) in [6.07, 6.45) is 17.7. The molecule has 0 radical (unpaired) electrons. The fourth-order valence-corrected chi connectivity index (χ4v) is 11.9.